The summed E-state index contributed by atoms with van der Waals surface area (Å²) in [6, 6.07) is 1.23. The molecule has 7 heteroatoms. The lowest BCUT2D eigenvalue weighted by Crippen LogP contribution is -2.08. The molecule has 0 aliphatic carbocycles. The van der Waals surface area contributed by atoms with Gasteiger partial charge in [-0.25, -0.2) is 9.31 Å². The number of H-pyrrole nitrogens is 1. The molecule has 2 aromatic heterocycles. The summed E-state index contributed by atoms with van der Waals surface area (Å²) >= 11 is 0. The van der Waals surface area contributed by atoms with Crippen LogP contribution in [0.15, 0.2) is 17.1 Å². The van der Waals surface area contributed by atoms with Gasteiger partial charge in [-0.2, -0.15) is 0 Å². The highest BCUT2D eigenvalue weighted by molar-refractivity contribution is 5.99. The second-order valence-electron chi connectivity index (χ2n) is 2.66. The quantitative estimate of drug-likeness (QED) is 0.555. The Bertz CT molecular complexity index is 568. The van der Waals surface area contributed by atoms with Gasteiger partial charge in [0.1, 0.15) is 5.56 Å². The predicted molar refractivity (Wildman–Crippen MR) is 47.2 cm³/mol. The first-order valence-corrected chi connectivity index (χ1v) is 3.70. The zero-order chi connectivity index (χ0) is 10.3. The Labute approximate surface area is 76.8 Å². The van der Waals surface area contributed by atoms with Crippen molar-refractivity contribution in [2.45, 2.75) is 0 Å². The second kappa shape index (κ2) is 2.59. The fourth-order valence-electron chi connectivity index (χ4n) is 1.19. The highest BCUT2D eigenvalue weighted by Gasteiger charge is 2.17. The van der Waals surface area contributed by atoms with Crippen LogP contribution in [-0.4, -0.2) is 25.7 Å². The van der Waals surface area contributed by atoms with Crippen LogP contribution in [0.5, 0.6) is 0 Å². The van der Waals surface area contributed by atoms with Crippen molar-refractivity contribution in [3.05, 3.63) is 28.2 Å². The standard InChI is InChI=1S/C7H6N4O3/c8-5-4(7(13)14)6-9-3(12)1-2-11(6)10-5/h1-2H,(H2,8,10)(H,9,12)(H,13,14). The Kier molecular flexibility index (Phi) is 1.53. The van der Waals surface area contributed by atoms with E-state index >= 15 is 0 Å². The van der Waals surface area contributed by atoms with Crippen LogP contribution in [0.3, 0.4) is 0 Å². The average Bonchev–Trinajstić information content (AvgIpc) is 2.40. The number of hydrogen-bond acceptors (Lipinski definition) is 4. The van der Waals surface area contributed by atoms with Gasteiger partial charge in [0.15, 0.2) is 11.5 Å². The lowest BCUT2D eigenvalue weighted by molar-refractivity contribution is 0.0700. The van der Waals surface area contributed by atoms with Crippen LogP contribution in [0.4, 0.5) is 5.82 Å². The molecule has 2 heterocycles. The fourth-order valence-corrected chi connectivity index (χ4v) is 1.19. The van der Waals surface area contributed by atoms with Crippen LogP contribution in [0.1, 0.15) is 10.4 Å². The number of aromatic carboxylic acids is 1. The molecule has 2 aromatic rings. The van der Waals surface area contributed by atoms with Gasteiger partial charge in [0.25, 0.3) is 5.56 Å². The van der Waals surface area contributed by atoms with Crippen LogP contribution in [0.25, 0.3) is 5.65 Å². The third-order valence-corrected chi connectivity index (χ3v) is 1.76. The maximum Gasteiger partial charge on any atom is 0.343 e. The molecule has 0 bridgehead atoms. The number of carbonyl (C=O) groups is 1. The number of carboxylic acids is 1. The minimum atomic E-state index is -1.22. The molecule has 0 aliphatic rings. The first-order valence-electron chi connectivity index (χ1n) is 3.70. The number of aromatic nitrogens is 3. The minimum Gasteiger partial charge on any atom is -0.477 e. The molecule has 0 radical (unpaired) electrons. The zero-order valence-corrected chi connectivity index (χ0v) is 6.89. The van der Waals surface area contributed by atoms with E-state index in [4.69, 9.17) is 10.8 Å². The van der Waals surface area contributed by atoms with Gasteiger partial charge in [-0.3, -0.25) is 4.79 Å². The van der Waals surface area contributed by atoms with Crippen molar-refractivity contribution < 1.29 is 9.90 Å². The Balaban J connectivity index is 2.93. The number of hydrogen-bond donors (Lipinski definition) is 3. The van der Waals surface area contributed by atoms with Crippen molar-refractivity contribution in [1.29, 1.82) is 0 Å². The number of nitrogens with one attached hydrogen (secondary N) is 1. The first kappa shape index (κ1) is 8.30. The largest absolute Gasteiger partial charge is 0.477 e. The topological polar surface area (TPSA) is 113 Å². The maximum absolute atomic E-state index is 10.9. The smallest absolute Gasteiger partial charge is 0.343 e. The number of nitrogens with two attached hydrogens (primary N) is 1. The molecule has 2 rings (SSSR count). The predicted octanol–water partition coefficient (Wildman–Crippen LogP) is -0.697. The Morgan fingerprint density at radius 3 is 3.00 bits per heavy atom. The molecule has 0 aliphatic heterocycles. The number of nitrogens with zero attached hydrogens (tertiary/aromatic N) is 2. The van der Waals surface area contributed by atoms with E-state index < -0.39 is 11.5 Å². The number of aromatic amines is 1. The van der Waals surface area contributed by atoms with E-state index in [2.05, 4.69) is 10.1 Å². The highest BCUT2D eigenvalue weighted by atomic mass is 16.4. The van der Waals surface area contributed by atoms with E-state index in [9.17, 15) is 9.59 Å². The lowest BCUT2D eigenvalue weighted by Gasteiger charge is -1.91. The summed E-state index contributed by atoms with van der Waals surface area (Å²) in [5.74, 6) is -1.35. The maximum atomic E-state index is 10.9. The van der Waals surface area contributed by atoms with Crippen molar-refractivity contribution in [3.63, 3.8) is 0 Å². The summed E-state index contributed by atoms with van der Waals surface area (Å²) in [6.07, 6.45) is 1.34. The van der Waals surface area contributed by atoms with Gasteiger partial charge in [-0.15, -0.1) is 5.10 Å². The van der Waals surface area contributed by atoms with Gasteiger partial charge < -0.3 is 15.8 Å². The molecule has 14 heavy (non-hydrogen) atoms. The van der Waals surface area contributed by atoms with Crippen LogP contribution >= 0.6 is 0 Å². The van der Waals surface area contributed by atoms with E-state index in [0.717, 1.165) is 0 Å². The van der Waals surface area contributed by atoms with Gasteiger partial charge in [0.05, 0.1) is 0 Å². The van der Waals surface area contributed by atoms with E-state index in [-0.39, 0.29) is 17.0 Å². The summed E-state index contributed by atoms with van der Waals surface area (Å²) in [7, 11) is 0. The molecular weight excluding hydrogens is 188 g/mol. The Morgan fingerprint density at radius 2 is 2.36 bits per heavy atom. The summed E-state index contributed by atoms with van der Waals surface area (Å²) in [6.45, 7) is 0. The highest BCUT2D eigenvalue weighted by Crippen LogP contribution is 2.13. The van der Waals surface area contributed by atoms with E-state index in [1.54, 1.807) is 0 Å². The Morgan fingerprint density at radius 1 is 1.64 bits per heavy atom. The number of nitrogen functional groups attached to an aromatic ring is 1. The molecule has 0 saturated carbocycles. The minimum absolute atomic E-state index is 0.0856. The summed E-state index contributed by atoms with van der Waals surface area (Å²) in [4.78, 5) is 24.0. The number of fused-ring (bicyclic) bond motifs is 1. The number of rotatable bonds is 1. The van der Waals surface area contributed by atoms with Crippen LogP contribution in [-0.2, 0) is 0 Å². The first-order chi connectivity index (χ1) is 6.59. The van der Waals surface area contributed by atoms with Gasteiger partial charge in [-0.1, -0.05) is 0 Å². The van der Waals surface area contributed by atoms with Gasteiger partial charge in [0.2, 0.25) is 0 Å². The van der Waals surface area contributed by atoms with Crippen molar-refractivity contribution in [2.24, 2.45) is 0 Å². The molecule has 7 nitrogen and oxygen atoms in total. The van der Waals surface area contributed by atoms with Gasteiger partial charge in [-0.05, 0) is 0 Å². The molecule has 0 aromatic carbocycles. The fraction of sp³-hybridized carbons (Fsp3) is 0. The lowest BCUT2D eigenvalue weighted by atomic mass is 10.3. The van der Waals surface area contributed by atoms with Crippen molar-refractivity contribution in [3.8, 4) is 0 Å². The molecule has 4 N–H and O–H groups in total. The third kappa shape index (κ3) is 1.03. The molecule has 0 saturated heterocycles. The van der Waals surface area contributed by atoms with Gasteiger partial charge >= 0.3 is 5.97 Å². The number of carboxylic acid groups (broad SMARTS) is 1. The molecule has 72 valence electrons. The average molecular weight is 194 g/mol. The van der Waals surface area contributed by atoms with Crippen molar-refractivity contribution >= 4 is 17.4 Å². The third-order valence-electron chi connectivity index (χ3n) is 1.76. The normalized spacial score (nSPS) is 10.6. The van der Waals surface area contributed by atoms with E-state index in [0.29, 0.717) is 0 Å². The van der Waals surface area contributed by atoms with Crippen molar-refractivity contribution in [2.75, 3.05) is 5.73 Å². The second-order valence-corrected chi connectivity index (χ2v) is 2.66. The van der Waals surface area contributed by atoms with Gasteiger partial charge in [0, 0.05) is 12.3 Å². The summed E-state index contributed by atoms with van der Waals surface area (Å²) in [5.41, 5.74) is 4.86. The molecule has 0 unspecified atom stereocenters. The SMILES string of the molecule is Nc1nn2ccc(=O)[nH]c2c1C(=O)O. The molecule has 0 atom stereocenters. The van der Waals surface area contributed by atoms with Crippen LogP contribution in [0, 0.1) is 0 Å². The molecule has 0 fully saturated rings. The summed E-state index contributed by atoms with van der Waals surface area (Å²) < 4.78 is 1.21. The van der Waals surface area contributed by atoms with Crippen LogP contribution in [0.2, 0.25) is 0 Å². The Hall–Kier alpha value is -2.31. The monoisotopic (exact) mass is 194 g/mol. The van der Waals surface area contributed by atoms with E-state index in [1.807, 2.05) is 0 Å². The molecule has 0 spiro atoms. The summed E-state index contributed by atoms with van der Waals surface area (Å²) in [5, 5.41) is 12.5. The van der Waals surface area contributed by atoms with Crippen molar-refractivity contribution in [1.82, 2.24) is 14.6 Å². The molecule has 0 amide bonds. The zero-order valence-electron chi connectivity index (χ0n) is 6.89. The molecular formula is C7H6N4O3. The van der Waals surface area contributed by atoms with Crippen LogP contribution < -0.4 is 11.3 Å². The van der Waals surface area contributed by atoms with E-state index in [1.165, 1.54) is 16.8 Å². The number of anilines is 1.